The molecule has 3 rings (SSSR count). The number of carbonyl (C=O) groups excluding carboxylic acids is 2. The van der Waals surface area contributed by atoms with Crippen molar-refractivity contribution in [2.24, 2.45) is 5.10 Å². The number of benzene rings is 3. The standard InChI is InChI=1S/C29H30ClN3O4/c1-4-10-22-15-21(16-26(36-5-2)29(22)37-19-23-12-7-8-13-24(23)30)18-31-33-28(35)17-27(34)32-25-14-9-6-11-20(25)3/h4,6-9,11-16,18H,1,5,10,17,19H2,2-3H3,(H,32,34)(H,33,35). The number of amides is 2. The third-order valence-electron chi connectivity index (χ3n) is 5.29. The van der Waals surface area contributed by atoms with Crippen LogP contribution in [0.4, 0.5) is 5.69 Å². The van der Waals surface area contributed by atoms with Crippen molar-refractivity contribution in [1.82, 2.24) is 5.43 Å². The van der Waals surface area contributed by atoms with Gasteiger partial charge in [0, 0.05) is 21.8 Å². The Balaban J connectivity index is 1.69. The zero-order chi connectivity index (χ0) is 26.6. The Kier molecular flexibility index (Phi) is 10.3. The Morgan fingerprint density at radius 1 is 1.03 bits per heavy atom. The van der Waals surface area contributed by atoms with Gasteiger partial charge in [0.1, 0.15) is 13.0 Å². The molecule has 2 amide bonds. The third-order valence-corrected chi connectivity index (χ3v) is 5.66. The quantitative estimate of drug-likeness (QED) is 0.136. The first-order valence-corrected chi connectivity index (χ1v) is 12.2. The van der Waals surface area contributed by atoms with Crippen LogP contribution in [0.1, 0.15) is 35.6 Å². The molecule has 192 valence electrons. The molecule has 0 aromatic heterocycles. The summed E-state index contributed by atoms with van der Waals surface area (Å²) in [7, 11) is 0. The number of hydrogen-bond donors (Lipinski definition) is 2. The average Bonchev–Trinajstić information content (AvgIpc) is 2.86. The van der Waals surface area contributed by atoms with E-state index in [1.165, 1.54) is 6.21 Å². The number of aryl methyl sites for hydroxylation is 1. The molecule has 3 aromatic rings. The van der Waals surface area contributed by atoms with E-state index in [9.17, 15) is 9.59 Å². The molecule has 2 N–H and O–H groups in total. The van der Waals surface area contributed by atoms with Gasteiger partial charge in [-0.15, -0.1) is 6.58 Å². The molecule has 0 aliphatic rings. The van der Waals surface area contributed by atoms with Gasteiger partial charge in [-0.05, 0) is 55.7 Å². The van der Waals surface area contributed by atoms with E-state index in [0.29, 0.717) is 40.8 Å². The molecule has 0 heterocycles. The maximum absolute atomic E-state index is 12.2. The van der Waals surface area contributed by atoms with Crippen molar-refractivity contribution in [3.63, 3.8) is 0 Å². The van der Waals surface area contributed by atoms with E-state index in [4.69, 9.17) is 21.1 Å². The molecule has 0 radical (unpaired) electrons. The van der Waals surface area contributed by atoms with E-state index < -0.39 is 11.8 Å². The van der Waals surface area contributed by atoms with Gasteiger partial charge in [-0.25, -0.2) is 5.43 Å². The Labute approximate surface area is 222 Å². The summed E-state index contributed by atoms with van der Waals surface area (Å²) in [5.74, 6) is 0.183. The molecule has 0 saturated heterocycles. The first kappa shape index (κ1) is 27.5. The zero-order valence-corrected chi connectivity index (χ0v) is 21.7. The molecule has 3 aromatic carbocycles. The average molecular weight is 520 g/mol. The van der Waals surface area contributed by atoms with E-state index in [0.717, 1.165) is 16.7 Å². The molecule has 0 unspecified atom stereocenters. The lowest BCUT2D eigenvalue weighted by Crippen LogP contribution is -2.24. The van der Waals surface area contributed by atoms with Crippen molar-refractivity contribution in [3.8, 4) is 11.5 Å². The normalized spacial score (nSPS) is 10.7. The number of hydrogen-bond acceptors (Lipinski definition) is 5. The summed E-state index contributed by atoms with van der Waals surface area (Å²) in [4.78, 5) is 24.4. The fourth-order valence-corrected chi connectivity index (χ4v) is 3.72. The Bertz CT molecular complexity index is 1290. The largest absolute Gasteiger partial charge is 0.490 e. The number of ether oxygens (including phenoxy) is 2. The van der Waals surface area contributed by atoms with E-state index in [1.54, 1.807) is 18.2 Å². The summed E-state index contributed by atoms with van der Waals surface area (Å²) in [5.41, 5.74) is 6.37. The van der Waals surface area contributed by atoms with Crippen molar-refractivity contribution in [2.45, 2.75) is 33.3 Å². The molecule has 8 heteroatoms. The van der Waals surface area contributed by atoms with Crippen LogP contribution in [0, 0.1) is 6.92 Å². The van der Waals surface area contributed by atoms with Crippen molar-refractivity contribution >= 4 is 35.3 Å². The minimum atomic E-state index is -0.529. The lowest BCUT2D eigenvalue weighted by atomic mass is 10.1. The van der Waals surface area contributed by atoms with Crippen molar-refractivity contribution < 1.29 is 19.1 Å². The molecule has 37 heavy (non-hydrogen) atoms. The first-order chi connectivity index (χ1) is 17.9. The number of rotatable bonds is 12. The number of carbonyl (C=O) groups is 2. The summed E-state index contributed by atoms with van der Waals surface area (Å²) < 4.78 is 12.0. The van der Waals surface area contributed by atoms with Crippen LogP contribution in [0.25, 0.3) is 0 Å². The number of anilines is 1. The monoisotopic (exact) mass is 519 g/mol. The maximum atomic E-state index is 12.2. The topological polar surface area (TPSA) is 89.0 Å². The van der Waals surface area contributed by atoms with Gasteiger partial charge < -0.3 is 14.8 Å². The van der Waals surface area contributed by atoms with E-state index in [-0.39, 0.29) is 13.0 Å². The summed E-state index contributed by atoms with van der Waals surface area (Å²) in [5, 5.41) is 7.36. The highest BCUT2D eigenvalue weighted by Gasteiger charge is 2.14. The van der Waals surface area contributed by atoms with Crippen molar-refractivity contribution in [2.75, 3.05) is 11.9 Å². The fourth-order valence-electron chi connectivity index (χ4n) is 3.53. The highest BCUT2D eigenvalue weighted by molar-refractivity contribution is 6.31. The molecule has 0 saturated carbocycles. The smallest absolute Gasteiger partial charge is 0.249 e. The summed E-state index contributed by atoms with van der Waals surface area (Å²) in [6, 6.07) is 18.5. The van der Waals surface area contributed by atoms with Crippen LogP contribution in [0.15, 0.2) is 78.4 Å². The lowest BCUT2D eigenvalue weighted by molar-refractivity contribution is -0.126. The summed E-state index contributed by atoms with van der Waals surface area (Å²) >= 11 is 6.27. The number of hydrazone groups is 1. The number of halogens is 1. The highest BCUT2D eigenvalue weighted by Crippen LogP contribution is 2.34. The highest BCUT2D eigenvalue weighted by atomic mass is 35.5. The van der Waals surface area contributed by atoms with E-state index >= 15 is 0 Å². The van der Waals surface area contributed by atoms with Gasteiger partial charge in [0.05, 0.1) is 12.8 Å². The number of nitrogens with one attached hydrogen (secondary N) is 2. The van der Waals surface area contributed by atoms with Gasteiger partial charge in [0.25, 0.3) is 0 Å². The van der Waals surface area contributed by atoms with E-state index in [1.807, 2.05) is 62.4 Å². The fraction of sp³-hybridized carbons (Fsp3) is 0.207. The van der Waals surface area contributed by atoms with E-state index in [2.05, 4.69) is 22.4 Å². The molecule has 0 bridgehead atoms. The molecule has 0 aliphatic heterocycles. The predicted molar refractivity (Wildman–Crippen MR) is 147 cm³/mol. The van der Waals surface area contributed by atoms with Gasteiger partial charge >= 0.3 is 0 Å². The second kappa shape index (κ2) is 13.8. The van der Waals surface area contributed by atoms with Crippen LogP contribution < -0.4 is 20.2 Å². The second-order valence-corrected chi connectivity index (χ2v) is 8.55. The third kappa shape index (κ3) is 8.22. The Hall–Kier alpha value is -4.10. The predicted octanol–water partition coefficient (Wildman–Crippen LogP) is 5.83. The summed E-state index contributed by atoms with van der Waals surface area (Å²) in [6.45, 7) is 8.31. The van der Waals surface area contributed by atoms with Gasteiger partial charge in [-0.1, -0.05) is 54.1 Å². The Morgan fingerprint density at radius 3 is 2.51 bits per heavy atom. The van der Waals surface area contributed by atoms with Crippen molar-refractivity contribution in [1.29, 1.82) is 0 Å². The van der Waals surface area contributed by atoms with Crippen molar-refractivity contribution in [3.05, 3.63) is 101 Å². The molecular formula is C29H30ClN3O4. The van der Waals surface area contributed by atoms with Crippen LogP contribution in [0.3, 0.4) is 0 Å². The van der Waals surface area contributed by atoms with Gasteiger partial charge in [0.15, 0.2) is 11.5 Å². The SMILES string of the molecule is C=CCc1cc(C=NNC(=O)CC(=O)Nc2ccccc2C)cc(OCC)c1OCc1ccccc1Cl. The molecule has 0 spiro atoms. The van der Waals surface area contributed by atoms with Crippen LogP contribution in [-0.2, 0) is 22.6 Å². The maximum Gasteiger partial charge on any atom is 0.249 e. The minimum absolute atomic E-state index is 0.276. The molecule has 0 atom stereocenters. The van der Waals surface area contributed by atoms with Crippen LogP contribution in [-0.4, -0.2) is 24.6 Å². The molecule has 0 aliphatic carbocycles. The van der Waals surface area contributed by atoms with Crippen LogP contribution in [0.2, 0.25) is 5.02 Å². The van der Waals surface area contributed by atoms with Gasteiger partial charge in [-0.2, -0.15) is 5.10 Å². The van der Waals surface area contributed by atoms with Crippen LogP contribution in [0.5, 0.6) is 11.5 Å². The molecule has 0 fully saturated rings. The minimum Gasteiger partial charge on any atom is -0.490 e. The molecular weight excluding hydrogens is 490 g/mol. The number of nitrogens with zero attached hydrogens (tertiary/aromatic N) is 1. The van der Waals surface area contributed by atoms with Gasteiger partial charge in [0.2, 0.25) is 11.8 Å². The lowest BCUT2D eigenvalue weighted by Gasteiger charge is -2.17. The second-order valence-electron chi connectivity index (χ2n) is 8.15. The van der Waals surface area contributed by atoms with Gasteiger partial charge in [-0.3, -0.25) is 9.59 Å². The first-order valence-electron chi connectivity index (χ1n) is 11.9. The Morgan fingerprint density at radius 2 is 1.78 bits per heavy atom. The number of allylic oxidation sites excluding steroid dienone is 1. The number of para-hydroxylation sites is 1. The van der Waals surface area contributed by atoms with Crippen LogP contribution >= 0.6 is 11.6 Å². The molecule has 7 nitrogen and oxygen atoms in total. The zero-order valence-electron chi connectivity index (χ0n) is 20.9. The summed E-state index contributed by atoms with van der Waals surface area (Å²) in [6.07, 6.45) is 3.44.